The predicted molar refractivity (Wildman–Crippen MR) is 87.4 cm³/mol. The van der Waals surface area contributed by atoms with E-state index in [0.29, 0.717) is 5.92 Å². The van der Waals surface area contributed by atoms with E-state index in [0.717, 1.165) is 38.1 Å². The molecule has 1 aromatic rings. The van der Waals surface area contributed by atoms with Gasteiger partial charge in [0.1, 0.15) is 0 Å². The monoisotopic (exact) mass is 287 g/mol. The van der Waals surface area contributed by atoms with Crippen molar-refractivity contribution >= 4 is 0 Å². The number of rotatable bonds is 3. The van der Waals surface area contributed by atoms with Crippen molar-refractivity contribution in [3.63, 3.8) is 0 Å². The molecular formula is C19H29NO. The van der Waals surface area contributed by atoms with Crippen molar-refractivity contribution in [2.45, 2.75) is 69.4 Å². The minimum Gasteiger partial charge on any atom is -0.388 e. The summed E-state index contributed by atoms with van der Waals surface area (Å²) in [6.07, 6.45) is 8.11. The number of hydrogen-bond acceptors (Lipinski definition) is 2. The van der Waals surface area contributed by atoms with Crippen LogP contribution in [0.1, 0.15) is 63.4 Å². The summed E-state index contributed by atoms with van der Waals surface area (Å²) in [5.74, 6) is 1.07. The van der Waals surface area contributed by atoms with Crippen molar-refractivity contribution in [2.24, 2.45) is 5.92 Å². The van der Waals surface area contributed by atoms with Crippen LogP contribution in [-0.2, 0) is 0 Å². The van der Waals surface area contributed by atoms with Gasteiger partial charge >= 0.3 is 0 Å². The summed E-state index contributed by atoms with van der Waals surface area (Å²) in [5.41, 5.74) is 0.757. The minimum absolute atomic E-state index is 0.265. The first kappa shape index (κ1) is 15.1. The molecule has 2 heteroatoms. The van der Waals surface area contributed by atoms with Gasteiger partial charge in [-0.1, -0.05) is 56.5 Å². The Labute approximate surface area is 129 Å². The molecule has 0 spiro atoms. The zero-order valence-corrected chi connectivity index (χ0v) is 13.2. The fourth-order valence-electron chi connectivity index (χ4n) is 4.49. The standard InChI is InChI=1S/C19H29NO/c1-2-15-11-13-20-18(14-15)19(21)12-7-6-10-17(19)16-8-4-3-5-9-16/h3-5,8-9,15,17-18,20-21H,2,6-7,10-14H2,1H3. The van der Waals surface area contributed by atoms with Gasteiger partial charge in [-0.05, 0) is 43.7 Å². The predicted octanol–water partition coefficient (Wildman–Crippen LogP) is 3.85. The van der Waals surface area contributed by atoms with Crippen LogP contribution in [0.15, 0.2) is 30.3 Å². The van der Waals surface area contributed by atoms with Crippen LogP contribution in [0.2, 0.25) is 0 Å². The zero-order chi connectivity index (χ0) is 14.7. The molecule has 1 aromatic carbocycles. The number of nitrogens with one attached hydrogen (secondary N) is 1. The van der Waals surface area contributed by atoms with E-state index < -0.39 is 5.60 Å². The van der Waals surface area contributed by atoms with Crippen LogP contribution in [0.4, 0.5) is 0 Å². The van der Waals surface area contributed by atoms with E-state index in [4.69, 9.17) is 0 Å². The van der Waals surface area contributed by atoms with Gasteiger partial charge in [0.15, 0.2) is 0 Å². The Balaban J connectivity index is 1.85. The van der Waals surface area contributed by atoms with E-state index in [9.17, 15) is 5.11 Å². The molecule has 1 aliphatic carbocycles. The Kier molecular flexibility index (Phi) is 4.66. The van der Waals surface area contributed by atoms with E-state index in [2.05, 4.69) is 42.6 Å². The van der Waals surface area contributed by atoms with E-state index >= 15 is 0 Å². The first-order valence-electron chi connectivity index (χ1n) is 8.74. The highest BCUT2D eigenvalue weighted by molar-refractivity contribution is 5.25. The molecule has 4 atom stereocenters. The highest BCUT2D eigenvalue weighted by Crippen LogP contribution is 2.45. The number of aliphatic hydroxyl groups is 1. The van der Waals surface area contributed by atoms with Gasteiger partial charge in [0.05, 0.1) is 5.60 Å². The molecule has 0 radical (unpaired) electrons. The first-order chi connectivity index (χ1) is 10.2. The quantitative estimate of drug-likeness (QED) is 0.885. The Bertz CT molecular complexity index is 446. The van der Waals surface area contributed by atoms with E-state index in [1.165, 1.54) is 24.8 Å². The number of hydrogen-bond donors (Lipinski definition) is 2. The number of benzene rings is 1. The molecule has 1 aliphatic heterocycles. The average Bonchev–Trinajstić information content (AvgIpc) is 2.56. The summed E-state index contributed by atoms with van der Waals surface area (Å²) in [5, 5.41) is 15.2. The Morgan fingerprint density at radius 2 is 2.00 bits per heavy atom. The largest absolute Gasteiger partial charge is 0.388 e. The van der Waals surface area contributed by atoms with E-state index in [1.54, 1.807) is 0 Å². The van der Waals surface area contributed by atoms with Gasteiger partial charge in [-0.3, -0.25) is 0 Å². The van der Waals surface area contributed by atoms with Gasteiger partial charge in [0.2, 0.25) is 0 Å². The maximum atomic E-state index is 11.6. The van der Waals surface area contributed by atoms with Gasteiger partial charge in [-0.25, -0.2) is 0 Å². The topological polar surface area (TPSA) is 32.3 Å². The second kappa shape index (κ2) is 6.50. The lowest BCUT2D eigenvalue weighted by molar-refractivity contribution is -0.0614. The fourth-order valence-corrected chi connectivity index (χ4v) is 4.49. The zero-order valence-electron chi connectivity index (χ0n) is 13.2. The molecule has 1 heterocycles. The van der Waals surface area contributed by atoms with Crippen molar-refractivity contribution in [3.8, 4) is 0 Å². The molecule has 21 heavy (non-hydrogen) atoms. The third-order valence-corrected chi connectivity index (χ3v) is 5.82. The van der Waals surface area contributed by atoms with Crippen molar-refractivity contribution in [1.82, 2.24) is 5.32 Å². The average molecular weight is 287 g/mol. The van der Waals surface area contributed by atoms with Gasteiger partial charge in [-0.15, -0.1) is 0 Å². The Morgan fingerprint density at radius 3 is 2.76 bits per heavy atom. The SMILES string of the molecule is CCC1CCNC(C2(O)CCCCC2c2ccccc2)C1. The molecule has 0 amide bonds. The van der Waals surface area contributed by atoms with Crippen LogP contribution in [-0.4, -0.2) is 23.3 Å². The van der Waals surface area contributed by atoms with Crippen LogP contribution >= 0.6 is 0 Å². The first-order valence-corrected chi connectivity index (χ1v) is 8.74. The number of piperidine rings is 1. The lowest BCUT2D eigenvalue weighted by atomic mass is 9.66. The Hall–Kier alpha value is -0.860. The summed E-state index contributed by atoms with van der Waals surface area (Å²) < 4.78 is 0. The van der Waals surface area contributed by atoms with E-state index in [1.807, 2.05) is 0 Å². The molecule has 4 unspecified atom stereocenters. The lowest BCUT2D eigenvalue weighted by Gasteiger charge is -2.48. The Morgan fingerprint density at radius 1 is 1.19 bits per heavy atom. The van der Waals surface area contributed by atoms with Gasteiger partial charge in [0, 0.05) is 12.0 Å². The van der Waals surface area contributed by atoms with Crippen LogP contribution < -0.4 is 5.32 Å². The third kappa shape index (κ3) is 3.02. The minimum atomic E-state index is -0.562. The van der Waals surface area contributed by atoms with Crippen molar-refractivity contribution in [1.29, 1.82) is 0 Å². The molecule has 0 bridgehead atoms. The highest BCUT2D eigenvalue weighted by atomic mass is 16.3. The molecule has 0 aromatic heterocycles. The summed E-state index contributed by atoms with van der Waals surface area (Å²) in [6, 6.07) is 10.9. The molecule has 2 N–H and O–H groups in total. The molecule has 2 aliphatic rings. The maximum absolute atomic E-state index is 11.6. The van der Waals surface area contributed by atoms with E-state index in [-0.39, 0.29) is 6.04 Å². The molecule has 1 saturated carbocycles. The summed E-state index contributed by atoms with van der Waals surface area (Å²) in [6.45, 7) is 3.35. The summed E-state index contributed by atoms with van der Waals surface area (Å²) in [4.78, 5) is 0. The van der Waals surface area contributed by atoms with Crippen LogP contribution in [0.5, 0.6) is 0 Å². The molecule has 3 rings (SSSR count). The normalized spacial score (nSPS) is 37.3. The van der Waals surface area contributed by atoms with Crippen LogP contribution in [0, 0.1) is 5.92 Å². The fraction of sp³-hybridized carbons (Fsp3) is 0.684. The van der Waals surface area contributed by atoms with Crippen LogP contribution in [0.25, 0.3) is 0 Å². The smallest absolute Gasteiger partial charge is 0.0868 e. The highest BCUT2D eigenvalue weighted by Gasteiger charge is 2.46. The van der Waals surface area contributed by atoms with Crippen LogP contribution in [0.3, 0.4) is 0 Å². The van der Waals surface area contributed by atoms with Crippen molar-refractivity contribution < 1.29 is 5.11 Å². The van der Waals surface area contributed by atoms with Crippen molar-refractivity contribution in [2.75, 3.05) is 6.54 Å². The lowest BCUT2D eigenvalue weighted by Crippen LogP contribution is -2.58. The van der Waals surface area contributed by atoms with Gasteiger partial charge in [0.25, 0.3) is 0 Å². The molecule has 1 saturated heterocycles. The third-order valence-electron chi connectivity index (χ3n) is 5.82. The molecular weight excluding hydrogens is 258 g/mol. The summed E-state index contributed by atoms with van der Waals surface area (Å²) >= 11 is 0. The maximum Gasteiger partial charge on any atom is 0.0868 e. The molecule has 2 fully saturated rings. The summed E-state index contributed by atoms with van der Waals surface area (Å²) in [7, 11) is 0. The second-order valence-corrected chi connectivity index (χ2v) is 7.01. The van der Waals surface area contributed by atoms with Gasteiger partial charge < -0.3 is 10.4 Å². The van der Waals surface area contributed by atoms with Gasteiger partial charge in [-0.2, -0.15) is 0 Å². The molecule has 116 valence electrons. The van der Waals surface area contributed by atoms with Crippen molar-refractivity contribution in [3.05, 3.63) is 35.9 Å². The second-order valence-electron chi connectivity index (χ2n) is 7.01. The molecule has 2 nitrogen and oxygen atoms in total.